The molecule has 0 bridgehead atoms. The van der Waals surface area contributed by atoms with E-state index in [1.807, 2.05) is 23.9 Å². The zero-order valence-electron chi connectivity index (χ0n) is 10.7. The van der Waals surface area contributed by atoms with Crippen molar-refractivity contribution in [1.82, 2.24) is 9.80 Å². The van der Waals surface area contributed by atoms with Gasteiger partial charge in [0.25, 0.3) is 0 Å². The van der Waals surface area contributed by atoms with Gasteiger partial charge in [-0.25, -0.2) is 0 Å². The summed E-state index contributed by atoms with van der Waals surface area (Å²) >= 11 is 0. The van der Waals surface area contributed by atoms with Gasteiger partial charge in [0.05, 0.1) is 6.54 Å². The zero-order valence-corrected chi connectivity index (χ0v) is 10.7. The monoisotopic (exact) mass is 242 g/mol. The smallest absolute Gasteiger partial charge is 0.303 e. The molecule has 5 heteroatoms. The van der Waals surface area contributed by atoms with Crippen molar-refractivity contribution in [3.8, 4) is 0 Å². The van der Waals surface area contributed by atoms with E-state index in [2.05, 4.69) is 0 Å². The third-order valence-electron chi connectivity index (χ3n) is 3.09. The predicted molar refractivity (Wildman–Crippen MR) is 64.8 cm³/mol. The molecule has 98 valence electrons. The molecule has 0 saturated carbocycles. The first kappa shape index (κ1) is 14.0. The first-order valence-corrected chi connectivity index (χ1v) is 6.16. The van der Waals surface area contributed by atoms with Crippen LogP contribution in [0.25, 0.3) is 0 Å². The van der Waals surface area contributed by atoms with Crippen molar-refractivity contribution >= 4 is 11.9 Å². The summed E-state index contributed by atoms with van der Waals surface area (Å²) in [5, 5.41) is 8.70. The summed E-state index contributed by atoms with van der Waals surface area (Å²) in [5.41, 5.74) is 0. The molecule has 17 heavy (non-hydrogen) atoms. The molecular weight excluding hydrogens is 220 g/mol. The third kappa shape index (κ3) is 4.73. The summed E-state index contributed by atoms with van der Waals surface area (Å²) in [6, 6.07) is 0.118. The number of aliphatic carboxylic acids is 1. The van der Waals surface area contributed by atoms with E-state index >= 15 is 0 Å². The molecule has 1 amide bonds. The highest BCUT2D eigenvalue weighted by atomic mass is 16.4. The molecule has 0 aromatic rings. The highest BCUT2D eigenvalue weighted by Crippen LogP contribution is 2.21. The number of likely N-dealkylation sites (N-methyl/N-ethyl adjacent to an activating group) is 1. The SMILES string of the molecule is CN(C)CC(=O)N1CCCCC1CCC(=O)O. The lowest BCUT2D eigenvalue weighted by Gasteiger charge is -2.36. The Balaban J connectivity index is 2.52. The van der Waals surface area contributed by atoms with Gasteiger partial charge in [-0.05, 0) is 39.8 Å². The van der Waals surface area contributed by atoms with Gasteiger partial charge in [-0.1, -0.05) is 0 Å². The Kier molecular flexibility index (Phi) is 5.41. The van der Waals surface area contributed by atoms with Gasteiger partial charge < -0.3 is 14.9 Å². The van der Waals surface area contributed by atoms with Gasteiger partial charge >= 0.3 is 5.97 Å². The summed E-state index contributed by atoms with van der Waals surface area (Å²) in [6.07, 6.45) is 3.79. The second kappa shape index (κ2) is 6.59. The van der Waals surface area contributed by atoms with Gasteiger partial charge in [0, 0.05) is 19.0 Å². The van der Waals surface area contributed by atoms with E-state index in [1.165, 1.54) is 0 Å². The molecule has 1 aliphatic heterocycles. The third-order valence-corrected chi connectivity index (χ3v) is 3.09. The summed E-state index contributed by atoms with van der Waals surface area (Å²) in [6.45, 7) is 1.18. The van der Waals surface area contributed by atoms with Crippen LogP contribution >= 0.6 is 0 Å². The topological polar surface area (TPSA) is 60.9 Å². The van der Waals surface area contributed by atoms with E-state index in [1.54, 1.807) is 0 Å². The Morgan fingerprint density at radius 2 is 2.06 bits per heavy atom. The van der Waals surface area contributed by atoms with Gasteiger partial charge in [0.15, 0.2) is 0 Å². The van der Waals surface area contributed by atoms with E-state index in [4.69, 9.17) is 5.11 Å². The predicted octanol–water partition coefficient (Wildman–Crippen LogP) is 0.794. The number of carbonyl (C=O) groups excluding carboxylic acids is 1. The van der Waals surface area contributed by atoms with Crippen LogP contribution in [0.5, 0.6) is 0 Å². The Morgan fingerprint density at radius 3 is 2.65 bits per heavy atom. The van der Waals surface area contributed by atoms with Crippen LogP contribution in [0.4, 0.5) is 0 Å². The Hall–Kier alpha value is -1.10. The Labute approximate surface area is 102 Å². The fraction of sp³-hybridized carbons (Fsp3) is 0.833. The number of carboxylic acids is 1. The molecule has 1 aliphatic rings. The molecule has 1 atom stereocenters. The number of carbonyl (C=O) groups is 2. The van der Waals surface area contributed by atoms with Crippen molar-refractivity contribution < 1.29 is 14.7 Å². The van der Waals surface area contributed by atoms with Crippen LogP contribution in [-0.4, -0.2) is 60.0 Å². The highest BCUT2D eigenvalue weighted by Gasteiger charge is 2.26. The number of hydrogen-bond acceptors (Lipinski definition) is 3. The van der Waals surface area contributed by atoms with Gasteiger partial charge in [-0.2, -0.15) is 0 Å². The first-order chi connectivity index (χ1) is 8.00. The molecule has 0 aromatic carbocycles. The molecular formula is C12H22N2O3. The highest BCUT2D eigenvalue weighted by molar-refractivity contribution is 5.78. The van der Waals surface area contributed by atoms with E-state index in [-0.39, 0.29) is 18.4 Å². The van der Waals surface area contributed by atoms with Crippen molar-refractivity contribution in [2.75, 3.05) is 27.2 Å². The molecule has 0 aromatic heterocycles. The van der Waals surface area contributed by atoms with Crippen LogP contribution in [-0.2, 0) is 9.59 Å². The summed E-state index contributed by atoms with van der Waals surface area (Å²) in [7, 11) is 3.74. The number of rotatable bonds is 5. The molecule has 0 aliphatic carbocycles. The molecule has 0 spiro atoms. The van der Waals surface area contributed by atoms with Crippen molar-refractivity contribution in [3.63, 3.8) is 0 Å². The average molecular weight is 242 g/mol. The van der Waals surface area contributed by atoms with Gasteiger partial charge in [-0.15, -0.1) is 0 Å². The van der Waals surface area contributed by atoms with E-state index in [0.717, 1.165) is 25.8 Å². The van der Waals surface area contributed by atoms with Crippen molar-refractivity contribution in [3.05, 3.63) is 0 Å². The van der Waals surface area contributed by atoms with Crippen LogP contribution < -0.4 is 0 Å². The lowest BCUT2D eigenvalue weighted by molar-refractivity contribution is -0.140. The van der Waals surface area contributed by atoms with Gasteiger partial charge in [0.2, 0.25) is 5.91 Å². The number of piperidine rings is 1. The lowest BCUT2D eigenvalue weighted by Crippen LogP contribution is -2.47. The number of nitrogens with zero attached hydrogens (tertiary/aromatic N) is 2. The molecule has 1 rings (SSSR count). The van der Waals surface area contributed by atoms with Gasteiger partial charge in [0.1, 0.15) is 0 Å². The molecule has 1 saturated heterocycles. The first-order valence-electron chi connectivity index (χ1n) is 6.16. The maximum atomic E-state index is 12.0. The number of carboxylic acid groups (broad SMARTS) is 1. The number of likely N-dealkylation sites (tertiary alicyclic amines) is 1. The average Bonchev–Trinajstić information content (AvgIpc) is 2.25. The summed E-state index contributed by atoms with van der Waals surface area (Å²) in [5.74, 6) is -0.666. The van der Waals surface area contributed by atoms with E-state index in [9.17, 15) is 9.59 Å². The maximum Gasteiger partial charge on any atom is 0.303 e. The van der Waals surface area contributed by atoms with Crippen LogP contribution in [0.15, 0.2) is 0 Å². The largest absolute Gasteiger partial charge is 0.481 e. The fourth-order valence-electron chi connectivity index (χ4n) is 2.28. The second-order valence-corrected chi connectivity index (χ2v) is 4.91. The fourth-order valence-corrected chi connectivity index (χ4v) is 2.28. The molecule has 5 nitrogen and oxygen atoms in total. The van der Waals surface area contributed by atoms with Gasteiger partial charge in [-0.3, -0.25) is 9.59 Å². The quantitative estimate of drug-likeness (QED) is 0.774. The normalized spacial score (nSPS) is 20.6. The van der Waals surface area contributed by atoms with E-state index < -0.39 is 5.97 Å². The minimum atomic E-state index is -0.782. The standard InChI is InChI=1S/C12H22N2O3/c1-13(2)9-11(15)14-8-4-3-5-10(14)6-7-12(16)17/h10H,3-9H2,1-2H3,(H,16,17). The van der Waals surface area contributed by atoms with Crippen molar-refractivity contribution in [2.45, 2.75) is 38.1 Å². The zero-order chi connectivity index (χ0) is 12.8. The van der Waals surface area contributed by atoms with Crippen LogP contribution in [0.3, 0.4) is 0 Å². The van der Waals surface area contributed by atoms with Crippen LogP contribution in [0.1, 0.15) is 32.1 Å². The molecule has 1 fully saturated rings. The van der Waals surface area contributed by atoms with Crippen molar-refractivity contribution in [2.24, 2.45) is 0 Å². The summed E-state index contributed by atoms with van der Waals surface area (Å²) in [4.78, 5) is 26.3. The minimum Gasteiger partial charge on any atom is -0.481 e. The molecule has 1 N–H and O–H groups in total. The Morgan fingerprint density at radius 1 is 1.35 bits per heavy atom. The molecule has 0 radical (unpaired) electrons. The number of amides is 1. The molecule has 1 unspecified atom stereocenters. The Bertz CT molecular complexity index is 279. The van der Waals surface area contributed by atoms with Crippen molar-refractivity contribution in [1.29, 1.82) is 0 Å². The lowest BCUT2D eigenvalue weighted by atomic mass is 9.98. The van der Waals surface area contributed by atoms with Crippen LogP contribution in [0, 0.1) is 0 Å². The maximum absolute atomic E-state index is 12.0. The minimum absolute atomic E-state index is 0.116. The number of hydrogen-bond donors (Lipinski definition) is 1. The van der Waals surface area contributed by atoms with E-state index in [0.29, 0.717) is 13.0 Å². The summed E-state index contributed by atoms with van der Waals surface area (Å²) < 4.78 is 0. The second-order valence-electron chi connectivity index (χ2n) is 4.91. The molecule has 1 heterocycles. The van der Waals surface area contributed by atoms with Crippen LogP contribution in [0.2, 0.25) is 0 Å².